The molecule has 0 radical (unpaired) electrons. The smallest absolute Gasteiger partial charge is 0.195 e. The maximum absolute atomic E-state index is 11.7. The molecule has 0 saturated heterocycles. The number of benzene rings is 1. The van der Waals surface area contributed by atoms with Crippen molar-refractivity contribution in [3.63, 3.8) is 0 Å². The van der Waals surface area contributed by atoms with Crippen LogP contribution in [0.3, 0.4) is 0 Å². The van der Waals surface area contributed by atoms with Crippen LogP contribution in [-0.2, 0) is 0 Å². The Morgan fingerprint density at radius 1 is 1.29 bits per heavy atom. The van der Waals surface area contributed by atoms with E-state index in [0.717, 1.165) is 0 Å². The molecule has 0 aliphatic rings. The summed E-state index contributed by atoms with van der Waals surface area (Å²) in [5.41, 5.74) is 0.767. The molecule has 1 aromatic carbocycles. The predicted octanol–water partition coefficient (Wildman–Crippen LogP) is 2.12. The number of aryl methyl sites for hydroxylation is 1. The zero-order valence-electron chi connectivity index (χ0n) is 8.00. The molecule has 2 aromatic rings. The summed E-state index contributed by atoms with van der Waals surface area (Å²) >= 11 is 0. The van der Waals surface area contributed by atoms with Gasteiger partial charge in [0, 0.05) is 5.56 Å². The lowest BCUT2D eigenvalue weighted by Crippen LogP contribution is -2.06. The van der Waals surface area contributed by atoms with Gasteiger partial charge in [-0.15, -0.1) is 0 Å². The van der Waals surface area contributed by atoms with E-state index in [1.54, 1.807) is 26.0 Å². The molecule has 1 aromatic heterocycles. The van der Waals surface area contributed by atoms with Crippen molar-refractivity contribution >= 4 is 11.0 Å². The molecule has 1 heterocycles. The Bertz CT molecular complexity index is 552. The molecule has 0 saturated carbocycles. The summed E-state index contributed by atoms with van der Waals surface area (Å²) in [4.78, 5) is 11.7. The van der Waals surface area contributed by atoms with Crippen LogP contribution in [0.4, 0.5) is 0 Å². The molecule has 1 N–H and O–H groups in total. The van der Waals surface area contributed by atoms with E-state index in [4.69, 9.17) is 4.42 Å². The zero-order chi connectivity index (χ0) is 10.3. The second-order valence-electron chi connectivity index (χ2n) is 3.27. The van der Waals surface area contributed by atoms with Crippen molar-refractivity contribution in [2.45, 2.75) is 13.8 Å². The lowest BCUT2D eigenvalue weighted by atomic mass is 10.1. The highest BCUT2D eigenvalue weighted by atomic mass is 16.4. The molecular formula is C11H10O3. The fourth-order valence-corrected chi connectivity index (χ4v) is 1.40. The number of phenolic OH excluding ortho intramolecular Hbond substituents is 1. The van der Waals surface area contributed by atoms with Crippen LogP contribution >= 0.6 is 0 Å². The number of phenols is 1. The van der Waals surface area contributed by atoms with Crippen molar-refractivity contribution in [3.8, 4) is 5.75 Å². The van der Waals surface area contributed by atoms with Gasteiger partial charge in [-0.2, -0.15) is 0 Å². The normalized spacial score (nSPS) is 10.7. The molecule has 3 nitrogen and oxygen atoms in total. The maximum Gasteiger partial charge on any atom is 0.195 e. The first-order chi connectivity index (χ1) is 6.61. The number of fused-ring (bicyclic) bond motifs is 1. The maximum atomic E-state index is 11.7. The molecule has 0 aliphatic carbocycles. The van der Waals surface area contributed by atoms with Crippen LogP contribution in [0.15, 0.2) is 27.4 Å². The molecule has 0 spiro atoms. The Morgan fingerprint density at radius 2 is 2.00 bits per heavy atom. The Hall–Kier alpha value is -1.77. The largest absolute Gasteiger partial charge is 0.504 e. The van der Waals surface area contributed by atoms with E-state index in [-0.39, 0.29) is 16.8 Å². The third kappa shape index (κ3) is 1.09. The minimum atomic E-state index is -0.0837. The number of para-hydroxylation sites is 1. The Balaban J connectivity index is 3.06. The van der Waals surface area contributed by atoms with Gasteiger partial charge in [0.15, 0.2) is 16.8 Å². The first kappa shape index (κ1) is 8.81. The van der Waals surface area contributed by atoms with Crippen molar-refractivity contribution in [2.24, 2.45) is 0 Å². The summed E-state index contributed by atoms with van der Waals surface area (Å²) in [5, 5.41) is 9.90. The summed E-state index contributed by atoms with van der Waals surface area (Å²) in [6.45, 7) is 3.42. The quantitative estimate of drug-likeness (QED) is 0.692. The van der Waals surface area contributed by atoms with Crippen LogP contribution in [0.1, 0.15) is 11.3 Å². The molecular weight excluding hydrogens is 180 g/mol. The summed E-state index contributed by atoms with van der Waals surface area (Å²) in [5.74, 6) is 0.548. The number of rotatable bonds is 0. The van der Waals surface area contributed by atoms with Crippen LogP contribution in [0.5, 0.6) is 5.75 Å². The van der Waals surface area contributed by atoms with Crippen LogP contribution in [0, 0.1) is 13.8 Å². The minimum absolute atomic E-state index is 0.00250. The second kappa shape index (κ2) is 2.87. The highest BCUT2D eigenvalue weighted by Crippen LogP contribution is 2.23. The first-order valence-corrected chi connectivity index (χ1v) is 4.33. The van der Waals surface area contributed by atoms with Gasteiger partial charge in [0.05, 0.1) is 5.39 Å². The first-order valence-electron chi connectivity index (χ1n) is 4.33. The van der Waals surface area contributed by atoms with Gasteiger partial charge in [0.1, 0.15) is 5.76 Å². The molecule has 0 atom stereocenters. The summed E-state index contributed by atoms with van der Waals surface area (Å²) in [7, 11) is 0. The van der Waals surface area contributed by atoms with Crippen molar-refractivity contribution in [1.82, 2.24) is 0 Å². The monoisotopic (exact) mass is 190 g/mol. The molecule has 0 aliphatic heterocycles. The Kier molecular flexibility index (Phi) is 1.81. The lowest BCUT2D eigenvalue weighted by Gasteiger charge is -2.03. The van der Waals surface area contributed by atoms with Crippen molar-refractivity contribution in [2.75, 3.05) is 0 Å². The molecule has 0 amide bonds. The number of aromatic hydroxyl groups is 1. The summed E-state index contributed by atoms with van der Waals surface area (Å²) in [6, 6.07) is 4.77. The van der Waals surface area contributed by atoms with Gasteiger partial charge in [-0.3, -0.25) is 4.79 Å². The Labute approximate surface area is 80.6 Å². The summed E-state index contributed by atoms with van der Waals surface area (Å²) in [6.07, 6.45) is 0. The van der Waals surface area contributed by atoms with Gasteiger partial charge in [0.2, 0.25) is 0 Å². The number of hydrogen-bond acceptors (Lipinski definition) is 3. The molecule has 0 bridgehead atoms. The number of hydrogen-bond donors (Lipinski definition) is 1. The van der Waals surface area contributed by atoms with E-state index in [0.29, 0.717) is 16.7 Å². The average Bonchev–Trinajstić information content (AvgIpc) is 2.17. The zero-order valence-corrected chi connectivity index (χ0v) is 8.00. The third-order valence-electron chi connectivity index (χ3n) is 2.36. The second-order valence-corrected chi connectivity index (χ2v) is 3.27. The fourth-order valence-electron chi connectivity index (χ4n) is 1.40. The molecule has 0 fully saturated rings. The van der Waals surface area contributed by atoms with Gasteiger partial charge < -0.3 is 9.52 Å². The summed E-state index contributed by atoms with van der Waals surface area (Å²) < 4.78 is 5.35. The fraction of sp³-hybridized carbons (Fsp3) is 0.182. The molecule has 72 valence electrons. The average molecular weight is 190 g/mol. The lowest BCUT2D eigenvalue weighted by molar-refractivity contribution is 0.457. The van der Waals surface area contributed by atoms with E-state index in [9.17, 15) is 9.90 Å². The molecule has 14 heavy (non-hydrogen) atoms. The van der Waals surface area contributed by atoms with Crippen molar-refractivity contribution in [3.05, 3.63) is 39.7 Å². The molecule has 0 unspecified atom stereocenters. The molecule has 3 heteroatoms. The van der Waals surface area contributed by atoms with Gasteiger partial charge in [-0.1, -0.05) is 6.07 Å². The van der Waals surface area contributed by atoms with Crippen LogP contribution < -0.4 is 5.43 Å². The highest BCUT2D eigenvalue weighted by Gasteiger charge is 2.09. The standard InChI is InChI=1S/C11H10O3/c1-6-7(2)14-11-8(10(6)13)4-3-5-9(11)12/h3-5,12H,1-2H3. The van der Waals surface area contributed by atoms with Gasteiger partial charge in [-0.25, -0.2) is 0 Å². The van der Waals surface area contributed by atoms with E-state index >= 15 is 0 Å². The van der Waals surface area contributed by atoms with Gasteiger partial charge in [-0.05, 0) is 26.0 Å². The Morgan fingerprint density at radius 3 is 2.71 bits per heavy atom. The van der Waals surface area contributed by atoms with Gasteiger partial charge >= 0.3 is 0 Å². The third-order valence-corrected chi connectivity index (χ3v) is 2.36. The minimum Gasteiger partial charge on any atom is -0.504 e. The SMILES string of the molecule is Cc1oc2c(O)cccc2c(=O)c1C. The molecule has 2 rings (SSSR count). The topological polar surface area (TPSA) is 50.4 Å². The van der Waals surface area contributed by atoms with E-state index in [1.165, 1.54) is 6.07 Å². The van der Waals surface area contributed by atoms with E-state index < -0.39 is 0 Å². The predicted molar refractivity (Wildman–Crippen MR) is 53.6 cm³/mol. The van der Waals surface area contributed by atoms with Crippen LogP contribution in [0.25, 0.3) is 11.0 Å². The van der Waals surface area contributed by atoms with Gasteiger partial charge in [0.25, 0.3) is 0 Å². The van der Waals surface area contributed by atoms with Crippen molar-refractivity contribution in [1.29, 1.82) is 0 Å². The van der Waals surface area contributed by atoms with Crippen LogP contribution in [0.2, 0.25) is 0 Å². The van der Waals surface area contributed by atoms with E-state index in [2.05, 4.69) is 0 Å². The van der Waals surface area contributed by atoms with Crippen LogP contribution in [-0.4, -0.2) is 5.11 Å². The van der Waals surface area contributed by atoms with E-state index in [1.807, 2.05) is 0 Å². The highest BCUT2D eigenvalue weighted by molar-refractivity contribution is 5.82. The van der Waals surface area contributed by atoms with Crippen molar-refractivity contribution < 1.29 is 9.52 Å².